The molecule has 0 bridgehead atoms. The Kier molecular flexibility index (Phi) is 3.76. The van der Waals surface area contributed by atoms with E-state index in [1.54, 1.807) is 5.38 Å². The van der Waals surface area contributed by atoms with Crippen LogP contribution in [0.2, 0.25) is 0 Å². The molecule has 2 rings (SSSR count). The van der Waals surface area contributed by atoms with E-state index >= 15 is 0 Å². The van der Waals surface area contributed by atoms with Crippen molar-refractivity contribution in [2.45, 2.75) is 24.8 Å². The van der Waals surface area contributed by atoms with Gasteiger partial charge in [0, 0.05) is 11.3 Å². The molecule has 0 amide bonds. The first kappa shape index (κ1) is 12.5. The molecule has 0 saturated carbocycles. The van der Waals surface area contributed by atoms with Crippen molar-refractivity contribution in [3.8, 4) is 0 Å². The lowest BCUT2D eigenvalue weighted by molar-refractivity contribution is -0.138. The van der Waals surface area contributed by atoms with Crippen molar-refractivity contribution in [1.29, 1.82) is 0 Å². The topological polar surface area (TPSA) is 79.5 Å². The summed E-state index contributed by atoms with van der Waals surface area (Å²) in [5, 5.41) is 11.6. The smallest absolute Gasteiger partial charge is 0.326 e. The standard InChI is InChI=1S/C11H17N3O2S/c1-14-4-2-7(3-5-14)10-13-8(6-17-10)9(12)11(15)16/h6-7,9H,2-5,12H2,1H3,(H,15,16). The zero-order chi connectivity index (χ0) is 12.4. The molecule has 1 aliphatic heterocycles. The molecule has 1 aromatic rings. The Balaban J connectivity index is 2.05. The zero-order valence-electron chi connectivity index (χ0n) is 9.80. The molecule has 1 aromatic heterocycles. The number of hydrogen-bond donors (Lipinski definition) is 2. The van der Waals surface area contributed by atoms with Crippen molar-refractivity contribution in [3.63, 3.8) is 0 Å². The highest BCUT2D eigenvalue weighted by molar-refractivity contribution is 7.09. The highest BCUT2D eigenvalue weighted by atomic mass is 32.1. The van der Waals surface area contributed by atoms with E-state index in [4.69, 9.17) is 10.8 Å². The number of thiazole rings is 1. The molecular formula is C11H17N3O2S. The van der Waals surface area contributed by atoms with Gasteiger partial charge in [-0.3, -0.25) is 4.79 Å². The first-order valence-corrected chi connectivity index (χ1v) is 6.58. The lowest BCUT2D eigenvalue weighted by atomic mass is 9.98. The van der Waals surface area contributed by atoms with Crippen molar-refractivity contribution in [2.24, 2.45) is 5.73 Å². The summed E-state index contributed by atoms with van der Waals surface area (Å²) in [6, 6.07) is -0.994. The third-order valence-electron chi connectivity index (χ3n) is 3.19. The molecule has 5 nitrogen and oxygen atoms in total. The molecule has 1 atom stereocenters. The molecule has 1 aliphatic rings. The zero-order valence-corrected chi connectivity index (χ0v) is 10.6. The highest BCUT2D eigenvalue weighted by Gasteiger charge is 2.23. The Labute approximate surface area is 104 Å². The van der Waals surface area contributed by atoms with Crippen molar-refractivity contribution < 1.29 is 9.90 Å². The molecule has 1 fully saturated rings. The van der Waals surface area contributed by atoms with Gasteiger partial charge < -0.3 is 15.7 Å². The summed E-state index contributed by atoms with van der Waals surface area (Å²) in [6.07, 6.45) is 2.18. The first-order chi connectivity index (χ1) is 8.08. The van der Waals surface area contributed by atoms with E-state index in [0.717, 1.165) is 30.9 Å². The van der Waals surface area contributed by atoms with Crippen LogP contribution in [-0.2, 0) is 4.79 Å². The van der Waals surface area contributed by atoms with Crippen LogP contribution in [0.3, 0.4) is 0 Å². The summed E-state index contributed by atoms with van der Waals surface area (Å²) in [7, 11) is 2.11. The monoisotopic (exact) mass is 255 g/mol. The minimum absolute atomic E-state index is 0.464. The fourth-order valence-electron chi connectivity index (χ4n) is 2.01. The lowest BCUT2D eigenvalue weighted by Crippen LogP contribution is -2.29. The van der Waals surface area contributed by atoms with Gasteiger partial charge in [-0.05, 0) is 33.0 Å². The Morgan fingerprint density at radius 2 is 2.29 bits per heavy atom. The Hall–Kier alpha value is -0.980. The molecule has 0 aliphatic carbocycles. The van der Waals surface area contributed by atoms with Crippen LogP contribution >= 0.6 is 11.3 Å². The average Bonchev–Trinajstić information content (AvgIpc) is 2.78. The van der Waals surface area contributed by atoms with Crippen molar-refractivity contribution in [3.05, 3.63) is 16.1 Å². The number of hydrogen-bond acceptors (Lipinski definition) is 5. The number of aromatic nitrogens is 1. The summed E-state index contributed by atoms with van der Waals surface area (Å²) in [5.41, 5.74) is 6.02. The SMILES string of the molecule is CN1CCC(c2nc(C(N)C(=O)O)cs2)CC1. The summed E-state index contributed by atoms with van der Waals surface area (Å²) < 4.78 is 0. The maximum Gasteiger partial charge on any atom is 0.326 e. The second-order valence-corrected chi connectivity index (χ2v) is 5.39. The van der Waals surface area contributed by atoms with Gasteiger partial charge in [-0.1, -0.05) is 0 Å². The minimum Gasteiger partial charge on any atom is -0.480 e. The fourth-order valence-corrected chi connectivity index (χ4v) is 3.04. The van der Waals surface area contributed by atoms with Crippen molar-refractivity contribution in [1.82, 2.24) is 9.88 Å². The van der Waals surface area contributed by atoms with Gasteiger partial charge in [-0.15, -0.1) is 11.3 Å². The molecule has 0 spiro atoms. The van der Waals surface area contributed by atoms with Crippen LogP contribution in [0.5, 0.6) is 0 Å². The van der Waals surface area contributed by atoms with Gasteiger partial charge in [-0.25, -0.2) is 4.98 Å². The van der Waals surface area contributed by atoms with Crippen LogP contribution in [-0.4, -0.2) is 41.1 Å². The predicted molar refractivity (Wildman–Crippen MR) is 66.2 cm³/mol. The lowest BCUT2D eigenvalue weighted by Gasteiger charge is -2.27. The number of rotatable bonds is 3. The van der Waals surface area contributed by atoms with E-state index in [1.807, 2.05) is 0 Å². The number of nitrogens with two attached hydrogens (primary N) is 1. The number of nitrogens with zero attached hydrogens (tertiary/aromatic N) is 2. The van der Waals surface area contributed by atoms with Crippen molar-refractivity contribution >= 4 is 17.3 Å². The molecular weight excluding hydrogens is 238 g/mol. The fraction of sp³-hybridized carbons (Fsp3) is 0.636. The molecule has 2 heterocycles. The number of likely N-dealkylation sites (tertiary alicyclic amines) is 1. The number of piperidine rings is 1. The van der Waals surface area contributed by atoms with Crippen LogP contribution in [0.1, 0.15) is 35.5 Å². The predicted octanol–water partition coefficient (Wildman–Crippen LogP) is 1.04. The number of carbonyl (C=O) groups is 1. The van der Waals surface area contributed by atoms with E-state index < -0.39 is 12.0 Å². The molecule has 0 aromatic carbocycles. The van der Waals surface area contributed by atoms with E-state index in [2.05, 4.69) is 16.9 Å². The average molecular weight is 255 g/mol. The number of carboxylic acid groups (broad SMARTS) is 1. The summed E-state index contributed by atoms with van der Waals surface area (Å²) >= 11 is 1.53. The van der Waals surface area contributed by atoms with E-state index in [9.17, 15) is 4.79 Å². The number of aliphatic carboxylic acids is 1. The van der Waals surface area contributed by atoms with Crippen LogP contribution in [0.15, 0.2) is 5.38 Å². The molecule has 0 radical (unpaired) electrons. The Bertz CT molecular complexity index is 399. The van der Waals surface area contributed by atoms with Crippen LogP contribution < -0.4 is 5.73 Å². The van der Waals surface area contributed by atoms with Gasteiger partial charge >= 0.3 is 5.97 Å². The Morgan fingerprint density at radius 3 is 2.88 bits per heavy atom. The molecule has 3 N–H and O–H groups in total. The Morgan fingerprint density at radius 1 is 1.65 bits per heavy atom. The van der Waals surface area contributed by atoms with Gasteiger partial charge in [0.15, 0.2) is 0 Å². The maximum absolute atomic E-state index is 10.8. The molecule has 1 saturated heterocycles. The normalized spacial score (nSPS) is 20.4. The molecule has 1 unspecified atom stereocenters. The third-order valence-corrected chi connectivity index (χ3v) is 4.22. The highest BCUT2D eigenvalue weighted by Crippen LogP contribution is 2.30. The number of carboxylic acids is 1. The van der Waals surface area contributed by atoms with Crippen LogP contribution in [0.4, 0.5) is 0 Å². The van der Waals surface area contributed by atoms with E-state index in [0.29, 0.717) is 11.6 Å². The van der Waals surface area contributed by atoms with Crippen LogP contribution in [0.25, 0.3) is 0 Å². The quantitative estimate of drug-likeness (QED) is 0.843. The van der Waals surface area contributed by atoms with E-state index in [1.165, 1.54) is 11.3 Å². The summed E-state index contributed by atoms with van der Waals surface area (Å²) in [4.78, 5) is 17.4. The largest absolute Gasteiger partial charge is 0.480 e. The van der Waals surface area contributed by atoms with Gasteiger partial charge in [0.25, 0.3) is 0 Å². The maximum atomic E-state index is 10.8. The van der Waals surface area contributed by atoms with Gasteiger partial charge in [0.2, 0.25) is 0 Å². The second kappa shape index (κ2) is 5.12. The summed E-state index contributed by atoms with van der Waals surface area (Å²) in [6.45, 7) is 2.15. The minimum atomic E-state index is -1.02. The molecule has 94 valence electrons. The first-order valence-electron chi connectivity index (χ1n) is 5.70. The molecule has 6 heteroatoms. The molecule has 17 heavy (non-hydrogen) atoms. The third kappa shape index (κ3) is 2.83. The van der Waals surface area contributed by atoms with Crippen molar-refractivity contribution in [2.75, 3.05) is 20.1 Å². The van der Waals surface area contributed by atoms with Gasteiger partial charge in [-0.2, -0.15) is 0 Å². The summed E-state index contributed by atoms with van der Waals surface area (Å²) in [5.74, 6) is -0.559. The van der Waals surface area contributed by atoms with E-state index in [-0.39, 0.29) is 0 Å². The van der Waals surface area contributed by atoms with Gasteiger partial charge in [0.05, 0.1) is 10.7 Å². The van der Waals surface area contributed by atoms with Crippen LogP contribution in [0, 0.1) is 0 Å². The second-order valence-electron chi connectivity index (χ2n) is 4.50. The van der Waals surface area contributed by atoms with Gasteiger partial charge in [0.1, 0.15) is 6.04 Å².